The first kappa shape index (κ1) is 24.8. The van der Waals surface area contributed by atoms with Crippen LogP contribution < -0.4 is 21.6 Å². The topological polar surface area (TPSA) is 125 Å². The Morgan fingerprint density at radius 2 is 1.86 bits per heavy atom. The van der Waals surface area contributed by atoms with Crippen molar-refractivity contribution in [3.8, 4) is 12.1 Å². The Labute approximate surface area is 210 Å². The van der Waals surface area contributed by atoms with Crippen molar-refractivity contribution in [2.45, 2.75) is 26.2 Å². The van der Waals surface area contributed by atoms with E-state index in [0.717, 1.165) is 0 Å². The zero-order valence-electron chi connectivity index (χ0n) is 20.4. The van der Waals surface area contributed by atoms with E-state index < -0.39 is 11.4 Å². The van der Waals surface area contributed by atoms with Gasteiger partial charge in [0.05, 0.1) is 33.5 Å². The third-order valence-corrected chi connectivity index (χ3v) is 5.65. The summed E-state index contributed by atoms with van der Waals surface area (Å²) in [4.78, 5) is 8.15. The average molecular weight is 481 g/mol. The van der Waals surface area contributed by atoms with Crippen molar-refractivity contribution in [3.63, 3.8) is 0 Å². The summed E-state index contributed by atoms with van der Waals surface area (Å²) >= 11 is 0. The number of nitrogens with one attached hydrogen (secondary N) is 4. The lowest BCUT2D eigenvalue weighted by atomic mass is 9.70. The normalized spacial score (nSPS) is 14.9. The van der Waals surface area contributed by atoms with Crippen molar-refractivity contribution in [1.82, 2.24) is 25.9 Å². The van der Waals surface area contributed by atoms with E-state index in [4.69, 9.17) is 7.85 Å². The van der Waals surface area contributed by atoms with Gasteiger partial charge in [-0.3, -0.25) is 9.99 Å². The van der Waals surface area contributed by atoms with Gasteiger partial charge in [0.25, 0.3) is 0 Å². The lowest BCUT2D eigenvalue weighted by Gasteiger charge is -2.34. The molecule has 1 aromatic carbocycles. The van der Waals surface area contributed by atoms with Gasteiger partial charge >= 0.3 is 0 Å². The average Bonchev–Trinajstić information content (AvgIpc) is 3.28. The molecular formula is C25H25BFN9. The number of hydrogen-bond donors (Lipinski definition) is 4. The fraction of sp³-hybridized carbons (Fsp3) is 0.280. The van der Waals surface area contributed by atoms with E-state index in [1.165, 1.54) is 24.5 Å². The van der Waals surface area contributed by atoms with Gasteiger partial charge in [-0.05, 0) is 29.2 Å². The SMILES string of the molecule is [B]C(Nc1cc(C#N)c2ncc(C#N)c(NCC(C)(C)C)c2c1)(C1=CN(C)NN1)c1ccc(F)nc1. The van der Waals surface area contributed by atoms with E-state index in [1.807, 2.05) is 0 Å². The fourth-order valence-corrected chi connectivity index (χ4v) is 3.83. The number of rotatable bonds is 6. The van der Waals surface area contributed by atoms with Crippen molar-refractivity contribution in [2.24, 2.45) is 5.41 Å². The van der Waals surface area contributed by atoms with Crippen LogP contribution in [0, 0.1) is 34.0 Å². The molecule has 1 atom stereocenters. The first-order chi connectivity index (χ1) is 17.0. The number of pyridine rings is 2. The molecule has 4 N–H and O–H groups in total. The van der Waals surface area contributed by atoms with Crippen LogP contribution in [0.1, 0.15) is 37.5 Å². The molecule has 36 heavy (non-hydrogen) atoms. The van der Waals surface area contributed by atoms with Gasteiger partial charge in [-0.2, -0.15) is 14.9 Å². The summed E-state index contributed by atoms with van der Waals surface area (Å²) in [5.41, 5.74) is 7.72. The lowest BCUT2D eigenvalue weighted by molar-refractivity contribution is 0.325. The number of nitrogens with zero attached hydrogens (tertiary/aromatic N) is 5. The third-order valence-electron chi connectivity index (χ3n) is 5.65. The van der Waals surface area contributed by atoms with Gasteiger partial charge in [-0.1, -0.05) is 26.8 Å². The van der Waals surface area contributed by atoms with Gasteiger partial charge in [-0.25, -0.2) is 4.98 Å². The molecule has 0 spiro atoms. The molecule has 0 saturated carbocycles. The van der Waals surface area contributed by atoms with Crippen LogP contribution in [0.25, 0.3) is 10.9 Å². The molecule has 1 aliphatic heterocycles. The summed E-state index contributed by atoms with van der Waals surface area (Å²) in [6, 6.07) is 10.6. The highest BCUT2D eigenvalue weighted by atomic mass is 19.1. The van der Waals surface area contributed by atoms with E-state index in [9.17, 15) is 14.9 Å². The molecule has 2 aromatic heterocycles. The molecule has 0 bridgehead atoms. The Balaban J connectivity index is 1.88. The van der Waals surface area contributed by atoms with Gasteiger partial charge in [0.2, 0.25) is 5.95 Å². The van der Waals surface area contributed by atoms with E-state index in [2.05, 4.69) is 64.5 Å². The fourth-order valence-electron chi connectivity index (χ4n) is 3.83. The molecular weight excluding hydrogens is 456 g/mol. The number of fused-ring (bicyclic) bond motifs is 1. The van der Waals surface area contributed by atoms with Crippen LogP contribution in [-0.2, 0) is 5.44 Å². The molecule has 0 fully saturated rings. The Morgan fingerprint density at radius 1 is 1.11 bits per heavy atom. The van der Waals surface area contributed by atoms with Crippen LogP contribution in [-0.4, -0.2) is 36.4 Å². The number of hydrogen-bond acceptors (Lipinski definition) is 9. The summed E-state index contributed by atoms with van der Waals surface area (Å²) in [6.07, 6.45) is 4.56. The summed E-state index contributed by atoms with van der Waals surface area (Å²) in [6.45, 7) is 6.83. The smallest absolute Gasteiger partial charge is 0.212 e. The molecule has 11 heteroatoms. The molecule has 0 aliphatic carbocycles. The maximum atomic E-state index is 13.6. The van der Waals surface area contributed by atoms with Crippen LogP contribution in [0.15, 0.2) is 48.6 Å². The molecule has 180 valence electrons. The highest BCUT2D eigenvalue weighted by molar-refractivity contribution is 6.19. The maximum absolute atomic E-state index is 13.6. The van der Waals surface area contributed by atoms with Gasteiger partial charge in [-0.15, -0.1) is 5.53 Å². The molecule has 0 saturated heterocycles. The Bertz CT molecular complexity index is 1420. The van der Waals surface area contributed by atoms with E-state index >= 15 is 0 Å². The van der Waals surface area contributed by atoms with E-state index in [0.29, 0.717) is 51.2 Å². The summed E-state index contributed by atoms with van der Waals surface area (Å²) < 4.78 is 13.6. The molecule has 1 aliphatic rings. The van der Waals surface area contributed by atoms with E-state index in [-0.39, 0.29) is 5.41 Å². The predicted molar refractivity (Wildman–Crippen MR) is 136 cm³/mol. The van der Waals surface area contributed by atoms with Gasteiger partial charge in [0, 0.05) is 43.3 Å². The Hall–Kier alpha value is -4.35. The van der Waals surface area contributed by atoms with Crippen molar-refractivity contribution in [1.29, 1.82) is 10.5 Å². The Morgan fingerprint density at radius 3 is 2.44 bits per heavy atom. The summed E-state index contributed by atoms with van der Waals surface area (Å²) in [7, 11) is 8.66. The Kier molecular flexibility index (Phi) is 6.44. The quantitative estimate of drug-likeness (QED) is 0.310. The minimum Gasteiger partial charge on any atom is -0.383 e. The summed E-state index contributed by atoms with van der Waals surface area (Å²) in [5, 5.41) is 28.6. The third kappa shape index (κ3) is 4.88. The summed E-state index contributed by atoms with van der Waals surface area (Å²) in [5.74, 6) is -0.633. The van der Waals surface area contributed by atoms with Gasteiger partial charge in [0.1, 0.15) is 20.0 Å². The first-order valence-electron chi connectivity index (χ1n) is 11.2. The molecule has 0 amide bonds. The van der Waals surface area contributed by atoms with Crippen LogP contribution in [0.2, 0.25) is 0 Å². The number of aromatic nitrogens is 2. The first-order valence-corrected chi connectivity index (χ1v) is 11.2. The van der Waals surface area contributed by atoms with E-state index in [1.54, 1.807) is 30.4 Å². The number of hydrazine groups is 2. The van der Waals surface area contributed by atoms with Crippen molar-refractivity contribution in [2.75, 3.05) is 24.2 Å². The molecule has 3 heterocycles. The predicted octanol–water partition coefficient (Wildman–Crippen LogP) is 3.20. The minimum absolute atomic E-state index is 0.0577. The molecule has 3 aromatic rings. The number of benzene rings is 1. The van der Waals surface area contributed by atoms with Crippen molar-refractivity contribution >= 4 is 30.1 Å². The second-order valence-corrected chi connectivity index (χ2v) is 9.80. The number of halogens is 1. The molecule has 9 nitrogen and oxygen atoms in total. The standard InChI is InChI=1S/C25H25BFN9/c1-24(2,3)14-32-23-16(10-29)11-31-22-15(9-28)7-18(8-19(22)23)33-25(26,20-13-36(4)35-34-20)17-5-6-21(27)30-12-17/h5-8,11-13,33-35H,14H2,1-4H3,(H,31,32). The van der Waals surface area contributed by atoms with Crippen LogP contribution >= 0.6 is 0 Å². The van der Waals surface area contributed by atoms with Gasteiger partial charge in [0.15, 0.2) is 0 Å². The number of anilines is 2. The van der Waals surface area contributed by atoms with Crippen LogP contribution in [0.3, 0.4) is 0 Å². The monoisotopic (exact) mass is 481 g/mol. The zero-order chi connectivity index (χ0) is 26.1. The van der Waals surface area contributed by atoms with Crippen LogP contribution in [0.4, 0.5) is 15.8 Å². The van der Waals surface area contributed by atoms with Crippen LogP contribution in [0.5, 0.6) is 0 Å². The minimum atomic E-state index is -1.38. The maximum Gasteiger partial charge on any atom is 0.212 e. The number of nitriles is 2. The van der Waals surface area contributed by atoms with Gasteiger partial charge < -0.3 is 16.1 Å². The highest BCUT2D eigenvalue weighted by Crippen LogP contribution is 2.35. The molecule has 1 unspecified atom stereocenters. The highest BCUT2D eigenvalue weighted by Gasteiger charge is 2.34. The second-order valence-electron chi connectivity index (χ2n) is 9.80. The van der Waals surface area contributed by atoms with Crippen molar-refractivity contribution in [3.05, 3.63) is 71.2 Å². The molecule has 2 radical (unpaired) electrons. The molecule has 4 rings (SSSR count). The largest absolute Gasteiger partial charge is 0.383 e. The second kappa shape index (κ2) is 9.36. The lowest BCUT2D eigenvalue weighted by Crippen LogP contribution is -2.45. The zero-order valence-corrected chi connectivity index (χ0v) is 20.4. The van der Waals surface area contributed by atoms with Crippen molar-refractivity contribution < 1.29 is 4.39 Å².